The summed E-state index contributed by atoms with van der Waals surface area (Å²) in [5.41, 5.74) is 2.98. The maximum Gasteiger partial charge on any atom is 0.337 e. The van der Waals surface area contributed by atoms with E-state index >= 15 is 0 Å². The molecule has 34 heavy (non-hydrogen) atoms. The second kappa shape index (κ2) is 8.53. The van der Waals surface area contributed by atoms with Gasteiger partial charge in [-0.25, -0.2) is 4.79 Å². The number of esters is 1. The fraction of sp³-hybridized carbons (Fsp3) is 0.500. The Kier molecular flexibility index (Phi) is 5.49. The Morgan fingerprint density at radius 2 is 1.79 bits per heavy atom. The Labute approximate surface area is 199 Å². The lowest BCUT2D eigenvalue weighted by molar-refractivity contribution is -0.118. The van der Waals surface area contributed by atoms with Gasteiger partial charge in [-0.15, -0.1) is 0 Å². The molecule has 2 aromatic carbocycles. The lowest BCUT2D eigenvalue weighted by atomic mass is 9.83. The zero-order valence-electron chi connectivity index (χ0n) is 19.5. The minimum Gasteiger partial charge on any atom is -0.465 e. The molecule has 180 valence electrons. The van der Waals surface area contributed by atoms with Crippen LogP contribution in [0.2, 0.25) is 0 Å². The largest absolute Gasteiger partial charge is 0.465 e. The van der Waals surface area contributed by atoms with Crippen LogP contribution in [-0.2, 0) is 17.8 Å². The molecule has 0 aliphatic carbocycles. The summed E-state index contributed by atoms with van der Waals surface area (Å²) in [6, 6.07) is 14.3. The highest BCUT2D eigenvalue weighted by Gasteiger charge is 2.55. The van der Waals surface area contributed by atoms with Gasteiger partial charge in [0.15, 0.2) is 11.5 Å². The van der Waals surface area contributed by atoms with Gasteiger partial charge in [-0.3, -0.25) is 14.7 Å². The summed E-state index contributed by atoms with van der Waals surface area (Å²) >= 11 is 0. The van der Waals surface area contributed by atoms with Crippen molar-refractivity contribution in [1.82, 2.24) is 14.7 Å². The van der Waals surface area contributed by atoms with E-state index in [1.807, 2.05) is 18.2 Å². The number of carbonyl (C=O) groups excluding carboxylic acids is 1. The first-order chi connectivity index (χ1) is 16.5. The summed E-state index contributed by atoms with van der Waals surface area (Å²) < 4.78 is 15.9. The molecule has 0 unspecified atom stereocenters. The Hall–Kier alpha value is -2.65. The zero-order chi connectivity index (χ0) is 23.3. The lowest BCUT2D eigenvalue weighted by Crippen LogP contribution is -2.77. The Bertz CT molecular complexity index is 1090. The van der Waals surface area contributed by atoms with Gasteiger partial charge in [-0.05, 0) is 41.8 Å². The van der Waals surface area contributed by atoms with Gasteiger partial charge in [0.05, 0.1) is 24.3 Å². The highest BCUT2D eigenvalue weighted by Crippen LogP contribution is 2.40. The summed E-state index contributed by atoms with van der Waals surface area (Å²) in [6.07, 6.45) is 0.565. The minimum absolute atomic E-state index is 0.0523. The van der Waals surface area contributed by atoms with Crippen LogP contribution in [-0.4, -0.2) is 90.1 Å². The monoisotopic (exact) mass is 465 g/mol. The number of carbonyl (C=O) groups is 1. The van der Waals surface area contributed by atoms with E-state index in [9.17, 15) is 9.90 Å². The van der Waals surface area contributed by atoms with E-state index < -0.39 is 0 Å². The van der Waals surface area contributed by atoms with Crippen molar-refractivity contribution in [1.29, 1.82) is 0 Å². The molecular formula is C26H31N3O5. The first kappa shape index (κ1) is 21.9. The molecule has 4 aliphatic heterocycles. The molecule has 0 amide bonds. The van der Waals surface area contributed by atoms with Gasteiger partial charge in [-0.1, -0.05) is 18.2 Å². The van der Waals surface area contributed by atoms with E-state index in [0.29, 0.717) is 18.4 Å². The predicted octanol–water partition coefficient (Wildman–Crippen LogP) is 1.71. The van der Waals surface area contributed by atoms with Crippen molar-refractivity contribution < 1.29 is 24.1 Å². The molecule has 2 aromatic rings. The fourth-order valence-electron chi connectivity index (χ4n) is 6.29. The van der Waals surface area contributed by atoms with Crippen molar-refractivity contribution in [2.75, 3.05) is 46.6 Å². The molecule has 6 rings (SSSR count). The number of aliphatic hydroxyl groups excluding tert-OH is 1. The second-order valence-electron chi connectivity index (χ2n) is 10.1. The van der Waals surface area contributed by atoms with Crippen LogP contribution < -0.4 is 9.47 Å². The van der Waals surface area contributed by atoms with Crippen LogP contribution >= 0.6 is 0 Å². The number of piperazine rings is 1. The smallest absolute Gasteiger partial charge is 0.337 e. The number of fused-ring (bicyclic) bond motifs is 3. The van der Waals surface area contributed by atoms with Gasteiger partial charge >= 0.3 is 5.97 Å². The molecule has 0 radical (unpaired) electrons. The number of nitrogens with zero attached hydrogens (tertiary/aromatic N) is 3. The summed E-state index contributed by atoms with van der Waals surface area (Å²) in [5, 5.41) is 10.5. The molecule has 0 aromatic heterocycles. The van der Waals surface area contributed by atoms with Crippen LogP contribution in [0.3, 0.4) is 0 Å². The first-order valence-corrected chi connectivity index (χ1v) is 12.0. The normalized spacial score (nSPS) is 25.8. The molecule has 0 bridgehead atoms. The first-order valence-electron chi connectivity index (χ1n) is 12.0. The van der Waals surface area contributed by atoms with E-state index in [1.165, 1.54) is 12.7 Å². The van der Waals surface area contributed by atoms with Crippen LogP contribution in [0.5, 0.6) is 11.5 Å². The van der Waals surface area contributed by atoms with Gasteiger partial charge in [0.1, 0.15) is 0 Å². The maximum atomic E-state index is 12.0. The molecule has 3 fully saturated rings. The highest BCUT2D eigenvalue weighted by atomic mass is 16.7. The summed E-state index contributed by atoms with van der Waals surface area (Å²) in [5.74, 6) is 1.34. The molecule has 1 N–H and O–H groups in total. The summed E-state index contributed by atoms with van der Waals surface area (Å²) in [6.45, 7) is 6.55. The minimum atomic E-state index is -0.305. The average Bonchev–Trinajstić information content (AvgIpc) is 3.43. The van der Waals surface area contributed by atoms with Crippen molar-refractivity contribution in [2.45, 2.75) is 37.2 Å². The molecule has 4 aliphatic rings. The third-order valence-electron chi connectivity index (χ3n) is 7.62. The maximum absolute atomic E-state index is 12.0. The van der Waals surface area contributed by atoms with Crippen LogP contribution in [0.4, 0.5) is 0 Å². The number of β-amino-alcohol motifs (C(OH)–C–C–N with tert-alkyl or cyclic N) is 1. The van der Waals surface area contributed by atoms with E-state index in [1.54, 1.807) is 6.07 Å². The molecular weight excluding hydrogens is 434 g/mol. The van der Waals surface area contributed by atoms with E-state index in [0.717, 1.165) is 69.3 Å². The molecule has 2 atom stereocenters. The van der Waals surface area contributed by atoms with Crippen molar-refractivity contribution >= 4 is 5.97 Å². The predicted molar refractivity (Wildman–Crippen MR) is 125 cm³/mol. The number of ether oxygens (including phenoxy) is 3. The summed E-state index contributed by atoms with van der Waals surface area (Å²) in [7, 11) is 1.41. The number of methoxy groups -OCH3 is 1. The van der Waals surface area contributed by atoms with Crippen molar-refractivity contribution in [2.24, 2.45) is 0 Å². The number of aliphatic hydroxyl groups is 1. The Morgan fingerprint density at radius 3 is 2.65 bits per heavy atom. The lowest BCUT2D eigenvalue weighted by Gasteiger charge is -2.61. The number of rotatable bonds is 5. The summed E-state index contributed by atoms with van der Waals surface area (Å²) in [4.78, 5) is 19.5. The molecule has 4 heterocycles. The molecule has 3 saturated heterocycles. The Morgan fingerprint density at radius 1 is 1.03 bits per heavy atom. The van der Waals surface area contributed by atoms with Crippen LogP contribution in [0, 0.1) is 0 Å². The Balaban J connectivity index is 1.15. The van der Waals surface area contributed by atoms with Gasteiger partial charge in [0.25, 0.3) is 0 Å². The number of benzene rings is 2. The zero-order valence-corrected chi connectivity index (χ0v) is 19.5. The fourth-order valence-corrected chi connectivity index (χ4v) is 6.29. The van der Waals surface area contributed by atoms with Crippen molar-refractivity contribution in [3.63, 3.8) is 0 Å². The third kappa shape index (κ3) is 3.94. The van der Waals surface area contributed by atoms with Crippen LogP contribution in [0.1, 0.15) is 27.9 Å². The van der Waals surface area contributed by atoms with Gasteiger partial charge in [-0.2, -0.15) is 0 Å². The third-order valence-corrected chi connectivity index (χ3v) is 7.62. The van der Waals surface area contributed by atoms with Crippen LogP contribution in [0.15, 0.2) is 42.5 Å². The van der Waals surface area contributed by atoms with Gasteiger partial charge in [0.2, 0.25) is 6.79 Å². The number of hydrogen-bond donors (Lipinski definition) is 1. The highest BCUT2D eigenvalue weighted by molar-refractivity contribution is 5.89. The number of likely N-dealkylation sites (tertiary alicyclic amines) is 1. The van der Waals surface area contributed by atoms with Gasteiger partial charge in [0, 0.05) is 51.9 Å². The molecule has 1 spiro atoms. The van der Waals surface area contributed by atoms with Crippen LogP contribution in [0.25, 0.3) is 0 Å². The topological polar surface area (TPSA) is 74.7 Å². The number of hydrogen-bond acceptors (Lipinski definition) is 8. The molecule has 8 heteroatoms. The van der Waals surface area contributed by atoms with Crippen molar-refractivity contribution in [3.8, 4) is 11.5 Å². The standard InChI is InChI=1S/C26H31N3O5/c1-32-25(31)20-4-2-3-18(7-20)10-27-12-21-9-22(30)13-29(21)26(14-27)15-28(16-26)11-19-5-6-23-24(8-19)34-17-33-23/h2-8,21-22,30H,9-17H2,1H3/t21-,22+/m0/s1. The molecule has 8 nitrogen and oxygen atoms in total. The molecule has 0 saturated carbocycles. The quantitative estimate of drug-likeness (QED) is 0.669. The SMILES string of the molecule is COC(=O)c1cccc(CN2C[C@@H]3C[C@@H](O)CN3C3(C2)CN(Cc2ccc4c(c2)OCO4)C3)c1. The average molecular weight is 466 g/mol. The van der Waals surface area contributed by atoms with E-state index in [2.05, 4.69) is 32.9 Å². The van der Waals surface area contributed by atoms with E-state index in [4.69, 9.17) is 14.2 Å². The second-order valence-corrected chi connectivity index (χ2v) is 10.1. The van der Waals surface area contributed by atoms with Crippen molar-refractivity contribution in [3.05, 3.63) is 59.2 Å². The van der Waals surface area contributed by atoms with E-state index in [-0.39, 0.29) is 17.6 Å². The van der Waals surface area contributed by atoms with Gasteiger partial charge < -0.3 is 19.3 Å².